The predicted octanol–water partition coefficient (Wildman–Crippen LogP) is 3.28. The molecule has 0 saturated carbocycles. The van der Waals surface area contributed by atoms with Gasteiger partial charge < -0.3 is 14.4 Å². The summed E-state index contributed by atoms with van der Waals surface area (Å²) in [6, 6.07) is 15.7. The normalized spacial score (nSPS) is 16.0. The van der Waals surface area contributed by atoms with E-state index in [4.69, 9.17) is 9.47 Å². The molecule has 4 nitrogen and oxygen atoms in total. The minimum absolute atomic E-state index is 0.196. The number of rotatable bonds is 4. The van der Waals surface area contributed by atoms with Crippen molar-refractivity contribution in [2.24, 2.45) is 0 Å². The summed E-state index contributed by atoms with van der Waals surface area (Å²) in [7, 11) is 2.99. The molecule has 0 saturated heterocycles. The van der Waals surface area contributed by atoms with Crippen LogP contribution in [0.3, 0.4) is 0 Å². The topological polar surface area (TPSA) is 38.8 Å². The van der Waals surface area contributed by atoms with E-state index >= 15 is 0 Å². The molecule has 22 heavy (non-hydrogen) atoms. The number of benzene rings is 2. The Morgan fingerprint density at radius 2 is 1.77 bits per heavy atom. The molecule has 2 aromatic rings. The van der Waals surface area contributed by atoms with Gasteiger partial charge in [-0.2, -0.15) is 0 Å². The highest BCUT2D eigenvalue weighted by molar-refractivity contribution is 14.1. The number of ether oxygens (including phenoxy) is 2. The third-order valence-electron chi connectivity index (χ3n) is 3.89. The lowest BCUT2D eigenvalue weighted by atomic mass is 10.1. The van der Waals surface area contributed by atoms with Crippen molar-refractivity contribution < 1.29 is 14.3 Å². The molecule has 0 N–H and O–H groups in total. The van der Waals surface area contributed by atoms with E-state index in [1.54, 1.807) is 4.90 Å². The minimum Gasteiger partial charge on any atom is -0.342 e. The highest BCUT2D eigenvalue weighted by Gasteiger charge is 2.52. The minimum atomic E-state index is -1.36. The lowest BCUT2D eigenvalue weighted by Crippen LogP contribution is -2.43. The fourth-order valence-electron chi connectivity index (χ4n) is 2.81. The van der Waals surface area contributed by atoms with Crippen LogP contribution in [0.5, 0.6) is 0 Å². The van der Waals surface area contributed by atoms with Crippen LogP contribution in [-0.4, -0.2) is 20.1 Å². The summed E-state index contributed by atoms with van der Waals surface area (Å²) in [4.78, 5) is 14.7. The van der Waals surface area contributed by atoms with Crippen molar-refractivity contribution in [3.63, 3.8) is 0 Å². The molecule has 0 radical (unpaired) electrons. The molecule has 0 spiro atoms. The smallest absolute Gasteiger partial charge is 0.292 e. The van der Waals surface area contributed by atoms with Gasteiger partial charge in [-0.1, -0.05) is 30.3 Å². The van der Waals surface area contributed by atoms with Crippen molar-refractivity contribution >= 4 is 34.2 Å². The van der Waals surface area contributed by atoms with E-state index in [9.17, 15) is 4.79 Å². The van der Waals surface area contributed by atoms with Crippen LogP contribution in [0.2, 0.25) is 0 Å². The van der Waals surface area contributed by atoms with Gasteiger partial charge in [0.2, 0.25) is 0 Å². The quantitative estimate of drug-likeness (QED) is 0.575. The number of nitrogens with zero attached hydrogens (tertiary/aromatic N) is 1. The molecule has 0 bridgehead atoms. The molecule has 2 aromatic carbocycles. The van der Waals surface area contributed by atoms with E-state index < -0.39 is 5.79 Å². The van der Waals surface area contributed by atoms with Crippen LogP contribution < -0.4 is 4.90 Å². The third-order valence-corrected chi connectivity index (χ3v) is 4.56. The van der Waals surface area contributed by atoms with Crippen molar-refractivity contribution in [2.45, 2.75) is 12.3 Å². The van der Waals surface area contributed by atoms with Crippen molar-refractivity contribution in [2.75, 3.05) is 19.1 Å². The van der Waals surface area contributed by atoms with Gasteiger partial charge in [0, 0.05) is 23.4 Å². The third kappa shape index (κ3) is 2.33. The highest BCUT2D eigenvalue weighted by atomic mass is 127. The van der Waals surface area contributed by atoms with Crippen LogP contribution in [0, 0.1) is 3.57 Å². The lowest BCUT2D eigenvalue weighted by molar-refractivity contribution is -0.209. The van der Waals surface area contributed by atoms with Gasteiger partial charge in [-0.3, -0.25) is 4.79 Å². The Balaban J connectivity index is 2.08. The van der Waals surface area contributed by atoms with Gasteiger partial charge in [0.25, 0.3) is 11.7 Å². The van der Waals surface area contributed by atoms with Crippen LogP contribution in [0.4, 0.5) is 5.69 Å². The predicted molar refractivity (Wildman–Crippen MR) is 92.5 cm³/mol. The second-order valence-electron chi connectivity index (χ2n) is 5.06. The molecule has 0 aromatic heterocycles. The van der Waals surface area contributed by atoms with Crippen LogP contribution in [-0.2, 0) is 26.6 Å². The van der Waals surface area contributed by atoms with Gasteiger partial charge in [0.05, 0.1) is 12.2 Å². The van der Waals surface area contributed by atoms with Gasteiger partial charge in [0.1, 0.15) is 0 Å². The van der Waals surface area contributed by atoms with E-state index in [1.165, 1.54) is 14.2 Å². The SMILES string of the molecule is COC1(OC)C(=O)N(Cc2ccccc2)c2ccc(I)cc21. The number of methoxy groups -OCH3 is 2. The largest absolute Gasteiger partial charge is 0.342 e. The molecule has 1 amide bonds. The van der Waals surface area contributed by atoms with Crippen molar-refractivity contribution in [3.8, 4) is 0 Å². The number of hydrogen-bond acceptors (Lipinski definition) is 3. The first kappa shape index (κ1) is 15.5. The van der Waals surface area contributed by atoms with E-state index in [0.717, 1.165) is 20.4 Å². The van der Waals surface area contributed by atoms with Crippen LogP contribution >= 0.6 is 22.6 Å². The molecular formula is C17H16INO3. The first-order valence-corrected chi connectivity index (χ1v) is 7.96. The Hall–Kier alpha value is -1.44. The summed E-state index contributed by atoms with van der Waals surface area (Å²) < 4.78 is 12.0. The summed E-state index contributed by atoms with van der Waals surface area (Å²) in [6.45, 7) is 0.488. The van der Waals surface area contributed by atoms with Crippen LogP contribution in [0.1, 0.15) is 11.1 Å². The fraction of sp³-hybridized carbons (Fsp3) is 0.235. The number of anilines is 1. The van der Waals surface area contributed by atoms with Gasteiger partial charge in [-0.05, 0) is 46.4 Å². The number of fused-ring (bicyclic) bond motifs is 1. The molecule has 0 unspecified atom stereocenters. The molecule has 114 valence electrons. The number of halogens is 1. The molecule has 0 aliphatic carbocycles. The Morgan fingerprint density at radius 1 is 1.09 bits per heavy atom. The van der Waals surface area contributed by atoms with Crippen molar-refractivity contribution in [1.82, 2.24) is 0 Å². The maximum Gasteiger partial charge on any atom is 0.292 e. The highest BCUT2D eigenvalue weighted by Crippen LogP contribution is 2.44. The number of carbonyl (C=O) groups excluding carboxylic acids is 1. The Bertz CT molecular complexity index is 698. The standard InChI is InChI=1S/C17H16INO3/c1-21-17(22-2)14-10-13(18)8-9-15(14)19(16(17)20)11-12-6-4-3-5-7-12/h3-10H,11H2,1-2H3. The van der Waals surface area contributed by atoms with Gasteiger partial charge >= 0.3 is 0 Å². The maximum atomic E-state index is 12.9. The first-order chi connectivity index (χ1) is 10.6. The van der Waals surface area contributed by atoms with Crippen molar-refractivity contribution in [1.29, 1.82) is 0 Å². The molecule has 0 fully saturated rings. The maximum absolute atomic E-state index is 12.9. The number of hydrogen-bond donors (Lipinski definition) is 0. The molecule has 0 atom stereocenters. The zero-order valence-corrected chi connectivity index (χ0v) is 14.5. The number of carbonyl (C=O) groups is 1. The second kappa shape index (κ2) is 5.98. The van der Waals surface area contributed by atoms with E-state index in [0.29, 0.717) is 6.54 Å². The zero-order chi connectivity index (χ0) is 15.7. The first-order valence-electron chi connectivity index (χ1n) is 6.88. The summed E-state index contributed by atoms with van der Waals surface area (Å²) in [5, 5.41) is 0. The van der Waals surface area contributed by atoms with Crippen LogP contribution in [0.25, 0.3) is 0 Å². The van der Waals surface area contributed by atoms with Gasteiger partial charge in [0.15, 0.2) is 0 Å². The summed E-state index contributed by atoms with van der Waals surface area (Å²) in [5.74, 6) is -1.55. The Labute approximate surface area is 143 Å². The van der Waals surface area contributed by atoms with Crippen molar-refractivity contribution in [3.05, 3.63) is 63.2 Å². The monoisotopic (exact) mass is 409 g/mol. The Kier molecular flexibility index (Phi) is 4.20. The summed E-state index contributed by atoms with van der Waals surface area (Å²) >= 11 is 2.22. The fourth-order valence-corrected chi connectivity index (χ4v) is 3.30. The average Bonchev–Trinajstić information content (AvgIpc) is 2.77. The molecule has 1 aliphatic rings. The summed E-state index contributed by atoms with van der Waals surface area (Å²) in [6.07, 6.45) is 0. The molecule has 1 aliphatic heterocycles. The molecule has 3 rings (SSSR count). The zero-order valence-electron chi connectivity index (χ0n) is 12.4. The lowest BCUT2D eigenvalue weighted by Gasteiger charge is -2.25. The van der Waals surface area contributed by atoms with E-state index in [2.05, 4.69) is 22.6 Å². The van der Waals surface area contributed by atoms with E-state index in [-0.39, 0.29) is 5.91 Å². The molecule has 1 heterocycles. The van der Waals surface area contributed by atoms with Crippen LogP contribution in [0.15, 0.2) is 48.5 Å². The van der Waals surface area contributed by atoms with Gasteiger partial charge in [-0.15, -0.1) is 0 Å². The average molecular weight is 409 g/mol. The molecule has 5 heteroatoms. The second-order valence-corrected chi connectivity index (χ2v) is 6.31. The van der Waals surface area contributed by atoms with E-state index in [1.807, 2.05) is 48.5 Å². The van der Waals surface area contributed by atoms with Gasteiger partial charge in [-0.25, -0.2) is 0 Å². The molecular weight excluding hydrogens is 393 g/mol. The summed E-state index contributed by atoms with van der Waals surface area (Å²) in [5.41, 5.74) is 2.65. The number of amides is 1. The Morgan fingerprint density at radius 3 is 2.41 bits per heavy atom.